The van der Waals surface area contributed by atoms with Crippen molar-refractivity contribution in [1.82, 2.24) is 4.98 Å². The van der Waals surface area contributed by atoms with Crippen LogP contribution in [0.25, 0.3) is 10.9 Å². The van der Waals surface area contributed by atoms with E-state index in [1.54, 1.807) is 12.3 Å². The van der Waals surface area contributed by atoms with E-state index in [0.717, 1.165) is 12.1 Å². The number of nitrogens with two attached hydrogens (primary N) is 1. The van der Waals surface area contributed by atoms with E-state index in [4.69, 9.17) is 5.73 Å². The van der Waals surface area contributed by atoms with Gasteiger partial charge in [0.25, 0.3) is 0 Å². The number of nitrogens with zero attached hydrogens (tertiary/aromatic N) is 1. The average molecular weight is 255 g/mol. The van der Waals surface area contributed by atoms with E-state index in [1.807, 2.05) is 0 Å². The van der Waals surface area contributed by atoms with Crippen LogP contribution in [0.3, 0.4) is 0 Å². The second-order valence-corrected chi connectivity index (χ2v) is 3.80. The molecule has 1 aromatic heterocycles. The third-order valence-corrected chi connectivity index (χ3v) is 2.53. The molecule has 0 bridgehead atoms. The van der Waals surface area contributed by atoms with Crippen molar-refractivity contribution in [1.29, 1.82) is 0 Å². The van der Waals surface area contributed by atoms with Gasteiger partial charge in [-0.05, 0) is 24.3 Å². The van der Waals surface area contributed by atoms with Crippen molar-refractivity contribution in [2.45, 2.75) is 6.18 Å². The summed E-state index contributed by atoms with van der Waals surface area (Å²) in [6, 6.07) is 5.13. The number of hydrogen-bond donors (Lipinski definition) is 2. The first kappa shape index (κ1) is 12.6. The highest BCUT2D eigenvalue weighted by molar-refractivity contribution is 5.91. The number of aromatic nitrogens is 1. The number of nitrogens with one attached hydrogen (secondary N) is 1. The maximum Gasteiger partial charge on any atom is 0.416 e. The number of pyridine rings is 1. The molecular formula is C12H12F3N3. The van der Waals surface area contributed by atoms with Crippen LogP contribution in [0.5, 0.6) is 0 Å². The summed E-state index contributed by atoms with van der Waals surface area (Å²) in [5.41, 5.74) is 5.81. The fraction of sp³-hybridized carbons (Fsp3) is 0.250. The highest BCUT2D eigenvalue weighted by Crippen LogP contribution is 2.32. The second kappa shape index (κ2) is 4.81. The molecule has 2 aromatic rings. The largest absolute Gasteiger partial charge is 0.416 e. The highest BCUT2D eigenvalue weighted by atomic mass is 19.4. The first-order chi connectivity index (χ1) is 8.52. The Morgan fingerprint density at radius 3 is 2.67 bits per heavy atom. The lowest BCUT2D eigenvalue weighted by molar-refractivity contribution is -0.137. The zero-order chi connectivity index (χ0) is 13.2. The molecule has 6 heteroatoms. The van der Waals surface area contributed by atoms with E-state index >= 15 is 0 Å². The van der Waals surface area contributed by atoms with Crippen molar-refractivity contribution in [3.8, 4) is 0 Å². The summed E-state index contributed by atoms with van der Waals surface area (Å²) in [6.07, 6.45) is -2.80. The quantitative estimate of drug-likeness (QED) is 0.886. The van der Waals surface area contributed by atoms with Crippen molar-refractivity contribution in [2.75, 3.05) is 18.4 Å². The molecule has 0 radical (unpaired) electrons. The van der Waals surface area contributed by atoms with Crippen molar-refractivity contribution in [3.63, 3.8) is 0 Å². The van der Waals surface area contributed by atoms with Gasteiger partial charge in [-0.25, -0.2) is 0 Å². The van der Waals surface area contributed by atoms with Crippen molar-refractivity contribution >= 4 is 16.6 Å². The lowest BCUT2D eigenvalue weighted by atomic mass is 10.1. The van der Waals surface area contributed by atoms with Crippen LogP contribution in [0.1, 0.15) is 5.56 Å². The molecule has 1 aromatic carbocycles. The van der Waals surface area contributed by atoms with E-state index in [2.05, 4.69) is 10.3 Å². The number of alkyl halides is 3. The Hall–Kier alpha value is -1.82. The van der Waals surface area contributed by atoms with Gasteiger partial charge in [0.2, 0.25) is 0 Å². The molecule has 0 aliphatic carbocycles. The summed E-state index contributed by atoms with van der Waals surface area (Å²) in [7, 11) is 0. The fourth-order valence-electron chi connectivity index (χ4n) is 1.68. The minimum absolute atomic E-state index is 0.406. The lowest BCUT2D eigenvalue weighted by Crippen LogP contribution is -2.13. The molecule has 0 saturated heterocycles. The van der Waals surface area contributed by atoms with E-state index in [0.29, 0.717) is 29.7 Å². The number of benzene rings is 1. The topological polar surface area (TPSA) is 50.9 Å². The van der Waals surface area contributed by atoms with Crippen LogP contribution >= 0.6 is 0 Å². The summed E-state index contributed by atoms with van der Waals surface area (Å²) in [5.74, 6) is 0. The minimum atomic E-state index is -4.35. The molecule has 0 saturated carbocycles. The van der Waals surface area contributed by atoms with Crippen LogP contribution in [0.2, 0.25) is 0 Å². The van der Waals surface area contributed by atoms with Gasteiger partial charge in [0.05, 0.1) is 11.1 Å². The van der Waals surface area contributed by atoms with Gasteiger partial charge in [-0.2, -0.15) is 13.2 Å². The molecule has 18 heavy (non-hydrogen) atoms. The van der Waals surface area contributed by atoms with Crippen LogP contribution in [0.15, 0.2) is 30.5 Å². The maximum absolute atomic E-state index is 12.6. The maximum atomic E-state index is 12.6. The molecule has 1 heterocycles. The third-order valence-electron chi connectivity index (χ3n) is 2.53. The van der Waals surface area contributed by atoms with Gasteiger partial charge in [0.15, 0.2) is 0 Å². The molecule has 0 amide bonds. The molecule has 0 spiro atoms. The second-order valence-electron chi connectivity index (χ2n) is 3.80. The number of halogens is 3. The van der Waals surface area contributed by atoms with E-state index < -0.39 is 11.7 Å². The van der Waals surface area contributed by atoms with Gasteiger partial charge >= 0.3 is 6.18 Å². The molecule has 0 fully saturated rings. The monoisotopic (exact) mass is 255 g/mol. The Labute approximate surface area is 102 Å². The molecular weight excluding hydrogens is 243 g/mol. The summed E-state index contributed by atoms with van der Waals surface area (Å²) in [5, 5.41) is 3.43. The normalized spacial score (nSPS) is 11.8. The summed E-state index contributed by atoms with van der Waals surface area (Å²) in [6.45, 7) is 0.901. The zero-order valence-electron chi connectivity index (χ0n) is 9.46. The van der Waals surface area contributed by atoms with E-state index in [9.17, 15) is 13.2 Å². The smallest absolute Gasteiger partial charge is 0.383 e. The first-order valence-corrected chi connectivity index (χ1v) is 5.42. The first-order valence-electron chi connectivity index (χ1n) is 5.42. The molecule has 3 N–H and O–H groups in total. The number of anilines is 1. The van der Waals surface area contributed by atoms with Crippen LogP contribution < -0.4 is 11.1 Å². The van der Waals surface area contributed by atoms with E-state index in [1.165, 1.54) is 6.07 Å². The SMILES string of the molecule is NCCNc1ccnc2ccc(C(F)(F)F)cc12. The van der Waals surface area contributed by atoms with Gasteiger partial charge in [0.1, 0.15) is 0 Å². The standard InChI is InChI=1S/C12H12F3N3/c13-12(14,15)8-1-2-10-9(7-8)11(3-5-17-10)18-6-4-16/h1-3,5,7H,4,6,16H2,(H,17,18). The van der Waals surface area contributed by atoms with Crippen molar-refractivity contribution in [3.05, 3.63) is 36.0 Å². The Bertz CT molecular complexity index is 552. The minimum Gasteiger partial charge on any atom is -0.383 e. The number of hydrogen-bond acceptors (Lipinski definition) is 3. The van der Waals surface area contributed by atoms with Crippen LogP contribution in [0.4, 0.5) is 18.9 Å². The van der Waals surface area contributed by atoms with Crippen LogP contribution in [0, 0.1) is 0 Å². The summed E-state index contributed by atoms with van der Waals surface area (Å²) in [4.78, 5) is 4.03. The molecule has 96 valence electrons. The van der Waals surface area contributed by atoms with E-state index in [-0.39, 0.29) is 0 Å². The Morgan fingerprint density at radius 1 is 1.22 bits per heavy atom. The summed E-state index contributed by atoms with van der Waals surface area (Å²) >= 11 is 0. The molecule has 0 aliphatic heterocycles. The third kappa shape index (κ3) is 2.53. The van der Waals surface area contributed by atoms with Crippen LogP contribution in [-0.2, 0) is 6.18 Å². The molecule has 3 nitrogen and oxygen atoms in total. The van der Waals surface area contributed by atoms with Crippen molar-refractivity contribution in [2.24, 2.45) is 5.73 Å². The molecule has 2 rings (SSSR count). The Balaban J connectivity index is 2.51. The molecule has 0 atom stereocenters. The van der Waals surface area contributed by atoms with Gasteiger partial charge in [-0.1, -0.05) is 0 Å². The molecule has 0 unspecified atom stereocenters. The zero-order valence-corrected chi connectivity index (χ0v) is 9.46. The molecule has 0 aliphatic rings. The predicted molar refractivity (Wildman–Crippen MR) is 64.3 cm³/mol. The van der Waals surface area contributed by atoms with Gasteiger partial charge < -0.3 is 11.1 Å². The van der Waals surface area contributed by atoms with Gasteiger partial charge in [-0.15, -0.1) is 0 Å². The number of fused-ring (bicyclic) bond motifs is 1. The fourth-order valence-corrected chi connectivity index (χ4v) is 1.68. The highest BCUT2D eigenvalue weighted by Gasteiger charge is 2.30. The summed E-state index contributed by atoms with van der Waals surface area (Å²) < 4.78 is 37.9. The van der Waals surface area contributed by atoms with Gasteiger partial charge in [0, 0.05) is 30.4 Å². The number of rotatable bonds is 3. The lowest BCUT2D eigenvalue weighted by Gasteiger charge is -2.11. The van der Waals surface area contributed by atoms with Gasteiger partial charge in [-0.3, -0.25) is 4.98 Å². The Morgan fingerprint density at radius 2 is 2.00 bits per heavy atom. The van der Waals surface area contributed by atoms with Crippen LogP contribution in [-0.4, -0.2) is 18.1 Å². The Kier molecular flexibility index (Phi) is 3.38. The average Bonchev–Trinajstić information content (AvgIpc) is 2.34. The van der Waals surface area contributed by atoms with Crippen molar-refractivity contribution < 1.29 is 13.2 Å². The predicted octanol–water partition coefficient (Wildman–Crippen LogP) is 2.62.